The third-order valence-electron chi connectivity index (χ3n) is 1.34. The van der Waals surface area contributed by atoms with Crippen molar-refractivity contribution in [3.05, 3.63) is 0 Å². The van der Waals surface area contributed by atoms with Gasteiger partial charge in [-0.15, -0.1) is 34.8 Å². The lowest BCUT2D eigenvalue weighted by Gasteiger charge is -2.13. The van der Waals surface area contributed by atoms with Gasteiger partial charge in [0.2, 0.25) is 0 Å². The molecule has 9 nitrogen and oxygen atoms in total. The highest BCUT2D eigenvalue weighted by atomic mass is 35.5. The molecular formula is C9H12Cl3O9P. The van der Waals surface area contributed by atoms with Crippen LogP contribution in [0.3, 0.4) is 0 Å². The molecule has 0 fully saturated rings. The van der Waals surface area contributed by atoms with Gasteiger partial charge in [-0.25, -0.2) is 14.4 Å². The summed E-state index contributed by atoms with van der Waals surface area (Å²) in [6, 6.07) is 0. The Bertz CT molecular complexity index is 305. The van der Waals surface area contributed by atoms with Crippen molar-refractivity contribution in [1.82, 2.24) is 0 Å². The summed E-state index contributed by atoms with van der Waals surface area (Å²) in [5.74, 6) is 0.0544. The van der Waals surface area contributed by atoms with Gasteiger partial charge in [-0.05, 0) is 0 Å². The summed E-state index contributed by atoms with van der Waals surface area (Å²) in [4.78, 5) is 33.6. The topological polar surface area (TPSA) is 107 Å². The Labute approximate surface area is 141 Å². The van der Waals surface area contributed by atoms with E-state index >= 15 is 0 Å². The minimum absolute atomic E-state index is 0.0181. The molecule has 0 aliphatic heterocycles. The minimum Gasteiger partial charge on any atom is -0.433 e. The van der Waals surface area contributed by atoms with Crippen LogP contribution in [0.4, 0.5) is 14.4 Å². The first-order chi connectivity index (χ1) is 10.5. The summed E-state index contributed by atoms with van der Waals surface area (Å²) in [6.45, 7) is -0.467. The van der Waals surface area contributed by atoms with Gasteiger partial charge in [0, 0.05) is 0 Å². The third kappa shape index (κ3) is 11.7. The molecule has 0 saturated carbocycles. The van der Waals surface area contributed by atoms with E-state index < -0.39 is 27.1 Å². The first-order valence-electron chi connectivity index (χ1n) is 5.55. The lowest BCUT2D eigenvalue weighted by molar-refractivity contribution is 0.0663. The second kappa shape index (κ2) is 13.8. The molecule has 0 amide bonds. The molecule has 0 unspecified atom stereocenters. The number of carbonyl (C=O) groups excluding carboxylic acids is 3. The summed E-state index contributed by atoms with van der Waals surface area (Å²) < 4.78 is 26.9. The number of alkyl halides is 3. The Balaban J connectivity index is 4.44. The van der Waals surface area contributed by atoms with Gasteiger partial charge >= 0.3 is 27.1 Å². The van der Waals surface area contributed by atoms with Gasteiger partial charge in [0.15, 0.2) is 0 Å². The fourth-order valence-corrected chi connectivity index (χ4v) is 1.55. The first-order valence-corrected chi connectivity index (χ1v) is 8.25. The van der Waals surface area contributed by atoms with Crippen molar-refractivity contribution in [1.29, 1.82) is 0 Å². The van der Waals surface area contributed by atoms with E-state index in [-0.39, 0.29) is 37.5 Å². The Kier molecular flexibility index (Phi) is 13.2. The van der Waals surface area contributed by atoms with Crippen LogP contribution < -0.4 is 0 Å². The molecule has 0 spiro atoms. The normalized spacial score (nSPS) is 9.82. The van der Waals surface area contributed by atoms with Crippen molar-refractivity contribution >= 4 is 61.9 Å². The van der Waals surface area contributed by atoms with Crippen molar-refractivity contribution in [2.75, 3.05) is 37.5 Å². The molecule has 0 aliphatic rings. The zero-order valence-corrected chi connectivity index (χ0v) is 14.2. The SMILES string of the molecule is O=C(OCCCl)OP(OC(=O)OCCCl)OC(=O)OCCCl. The molecule has 13 heteroatoms. The number of hydrogen-bond donors (Lipinski definition) is 0. The highest BCUT2D eigenvalue weighted by Crippen LogP contribution is 2.41. The Morgan fingerprint density at radius 3 is 1.14 bits per heavy atom. The summed E-state index contributed by atoms with van der Waals surface area (Å²) in [5.41, 5.74) is 0. The number of halogens is 3. The average Bonchev–Trinajstić information content (AvgIpc) is 2.48. The molecule has 0 N–H and O–H groups in total. The second-order valence-electron chi connectivity index (χ2n) is 2.86. The lowest BCUT2D eigenvalue weighted by Crippen LogP contribution is -2.15. The van der Waals surface area contributed by atoms with Crippen molar-refractivity contribution in [3.63, 3.8) is 0 Å². The molecule has 0 aliphatic carbocycles. The molecule has 0 bridgehead atoms. The fourth-order valence-electron chi connectivity index (χ4n) is 0.683. The van der Waals surface area contributed by atoms with Crippen LogP contribution >= 0.6 is 43.4 Å². The molecule has 0 atom stereocenters. The third-order valence-corrected chi connectivity index (χ3v) is 2.70. The van der Waals surface area contributed by atoms with Crippen molar-refractivity contribution < 1.29 is 42.2 Å². The standard InChI is InChI=1S/C9H12Cl3O9P/c10-1-4-16-7(13)19-22(20-8(14)17-5-2-11)21-9(15)18-6-3-12/h1-6H2. The van der Waals surface area contributed by atoms with Gasteiger partial charge in [0.05, 0.1) is 17.6 Å². The molecule has 0 radical (unpaired) electrons. The molecule has 0 saturated heterocycles. The summed E-state index contributed by atoms with van der Waals surface area (Å²) in [5, 5.41) is 0. The Hall–Kier alpha value is -0.890. The summed E-state index contributed by atoms with van der Waals surface area (Å²) >= 11 is 15.9. The van der Waals surface area contributed by atoms with Gasteiger partial charge in [0.1, 0.15) is 19.8 Å². The predicted octanol–water partition coefficient (Wildman–Crippen LogP) is 3.39. The molecular weight excluding hydrogens is 389 g/mol. The van der Waals surface area contributed by atoms with E-state index in [2.05, 4.69) is 27.8 Å². The van der Waals surface area contributed by atoms with Crippen LogP contribution in [-0.4, -0.2) is 55.9 Å². The Morgan fingerprint density at radius 2 is 0.909 bits per heavy atom. The summed E-state index contributed by atoms with van der Waals surface area (Å²) in [7, 11) is -2.78. The maximum atomic E-state index is 11.2. The van der Waals surface area contributed by atoms with E-state index in [0.29, 0.717) is 0 Å². The van der Waals surface area contributed by atoms with E-state index in [1.807, 2.05) is 0 Å². The van der Waals surface area contributed by atoms with Crippen LogP contribution in [-0.2, 0) is 27.8 Å². The van der Waals surface area contributed by atoms with Gasteiger partial charge in [-0.2, -0.15) is 0 Å². The quantitative estimate of drug-likeness (QED) is 0.249. The van der Waals surface area contributed by atoms with Crippen LogP contribution in [0.1, 0.15) is 0 Å². The lowest BCUT2D eigenvalue weighted by atomic mass is 10.9. The average molecular weight is 402 g/mol. The first kappa shape index (κ1) is 21.1. The number of carbonyl (C=O) groups is 3. The molecule has 22 heavy (non-hydrogen) atoms. The van der Waals surface area contributed by atoms with E-state index in [0.717, 1.165) is 0 Å². The van der Waals surface area contributed by atoms with E-state index in [4.69, 9.17) is 34.8 Å². The van der Waals surface area contributed by atoms with E-state index in [1.165, 1.54) is 0 Å². The van der Waals surface area contributed by atoms with E-state index in [9.17, 15) is 14.4 Å². The molecule has 0 aromatic carbocycles. The van der Waals surface area contributed by atoms with Gasteiger partial charge in [-0.1, -0.05) is 0 Å². The highest BCUT2D eigenvalue weighted by molar-refractivity contribution is 7.43. The van der Waals surface area contributed by atoms with Gasteiger partial charge in [0.25, 0.3) is 0 Å². The zero-order chi connectivity index (χ0) is 16.8. The molecule has 0 aromatic heterocycles. The van der Waals surface area contributed by atoms with E-state index in [1.54, 1.807) is 0 Å². The fraction of sp³-hybridized carbons (Fsp3) is 0.667. The van der Waals surface area contributed by atoms with Gasteiger partial charge in [-0.3, -0.25) is 0 Å². The molecule has 0 aromatic rings. The smallest absolute Gasteiger partial charge is 0.433 e. The molecule has 128 valence electrons. The van der Waals surface area contributed by atoms with Gasteiger partial charge < -0.3 is 27.8 Å². The predicted molar refractivity (Wildman–Crippen MR) is 76.4 cm³/mol. The Morgan fingerprint density at radius 1 is 0.636 bits per heavy atom. The highest BCUT2D eigenvalue weighted by Gasteiger charge is 2.30. The van der Waals surface area contributed by atoms with Crippen LogP contribution in [0.15, 0.2) is 0 Å². The zero-order valence-electron chi connectivity index (χ0n) is 11.0. The van der Waals surface area contributed by atoms with Crippen LogP contribution in [0.2, 0.25) is 0 Å². The number of ether oxygens (including phenoxy) is 3. The number of hydrogen-bond acceptors (Lipinski definition) is 9. The second-order valence-corrected chi connectivity index (χ2v) is 4.99. The van der Waals surface area contributed by atoms with Crippen molar-refractivity contribution in [2.45, 2.75) is 0 Å². The molecule has 0 rings (SSSR count). The van der Waals surface area contributed by atoms with Crippen LogP contribution in [0.5, 0.6) is 0 Å². The number of rotatable bonds is 9. The van der Waals surface area contributed by atoms with Crippen LogP contribution in [0.25, 0.3) is 0 Å². The minimum atomic E-state index is -2.78. The summed E-state index contributed by atoms with van der Waals surface area (Å²) in [6.07, 6.45) is -3.79. The van der Waals surface area contributed by atoms with Crippen molar-refractivity contribution in [3.8, 4) is 0 Å². The van der Waals surface area contributed by atoms with Crippen molar-refractivity contribution in [2.24, 2.45) is 0 Å². The maximum absolute atomic E-state index is 11.2. The maximum Gasteiger partial charge on any atom is 0.544 e. The van der Waals surface area contributed by atoms with Crippen LogP contribution in [0, 0.1) is 0 Å². The molecule has 0 heterocycles. The largest absolute Gasteiger partial charge is 0.544 e. The monoisotopic (exact) mass is 400 g/mol.